The van der Waals surface area contributed by atoms with E-state index in [1.165, 1.54) is 11.3 Å². The van der Waals surface area contributed by atoms with Gasteiger partial charge in [-0.1, -0.05) is 6.07 Å². The molecule has 0 unspecified atom stereocenters. The van der Waals surface area contributed by atoms with Gasteiger partial charge in [-0.3, -0.25) is 4.79 Å². The molecule has 1 aromatic carbocycles. The first-order chi connectivity index (χ1) is 8.74. The number of aromatic nitrogens is 2. The number of hydrogen-bond donors (Lipinski definition) is 2. The predicted octanol–water partition coefficient (Wildman–Crippen LogP) is 3.19. The zero-order chi connectivity index (χ0) is 12.5. The Bertz CT molecular complexity index is 714. The molecule has 4 nitrogen and oxygen atoms in total. The quantitative estimate of drug-likeness (QED) is 0.740. The minimum Gasteiger partial charge on any atom is -0.361 e. The smallest absolute Gasteiger partial charge is 0.275 e. The van der Waals surface area contributed by atoms with E-state index < -0.39 is 0 Å². The summed E-state index contributed by atoms with van der Waals surface area (Å²) in [6.07, 6.45) is 1.85. The molecule has 0 aliphatic carbocycles. The monoisotopic (exact) mass is 257 g/mol. The number of hydrogen-bond acceptors (Lipinski definition) is 3. The Morgan fingerprint density at radius 3 is 3.06 bits per heavy atom. The van der Waals surface area contributed by atoms with Crippen molar-refractivity contribution in [2.45, 2.75) is 6.92 Å². The van der Waals surface area contributed by atoms with E-state index in [0.29, 0.717) is 5.69 Å². The van der Waals surface area contributed by atoms with Crippen LogP contribution in [0.15, 0.2) is 35.8 Å². The first-order valence-electron chi connectivity index (χ1n) is 5.53. The van der Waals surface area contributed by atoms with Crippen LogP contribution >= 0.6 is 11.3 Å². The molecule has 3 rings (SSSR count). The summed E-state index contributed by atoms with van der Waals surface area (Å²) >= 11 is 1.47. The molecular formula is C13H11N3OS. The molecule has 0 fully saturated rings. The minimum absolute atomic E-state index is 0.173. The molecule has 5 heteroatoms. The Labute approximate surface area is 108 Å². The fraction of sp³-hybridized carbons (Fsp3) is 0.0769. The Kier molecular flexibility index (Phi) is 2.60. The molecule has 0 atom stereocenters. The van der Waals surface area contributed by atoms with Crippen LogP contribution in [0.2, 0.25) is 0 Å². The van der Waals surface area contributed by atoms with E-state index in [9.17, 15) is 4.79 Å². The molecule has 0 spiro atoms. The highest BCUT2D eigenvalue weighted by atomic mass is 32.1. The second-order valence-electron chi connectivity index (χ2n) is 3.95. The van der Waals surface area contributed by atoms with Crippen molar-refractivity contribution < 1.29 is 4.79 Å². The zero-order valence-electron chi connectivity index (χ0n) is 9.73. The van der Waals surface area contributed by atoms with Crippen LogP contribution in [0.4, 0.5) is 5.69 Å². The van der Waals surface area contributed by atoms with Gasteiger partial charge in [0.25, 0.3) is 5.91 Å². The third kappa shape index (κ3) is 1.89. The molecule has 2 heterocycles. The van der Waals surface area contributed by atoms with Crippen LogP contribution in [0, 0.1) is 6.92 Å². The standard InChI is InChI=1S/C13H11N3OS/c1-8-15-12(7-18-8)13(17)16-11-4-2-3-10-9(11)5-6-14-10/h2-7,14H,1H3,(H,16,17). The SMILES string of the molecule is Cc1nc(C(=O)Nc2cccc3[nH]ccc23)cs1. The van der Waals surface area contributed by atoms with Gasteiger partial charge in [0.05, 0.1) is 10.7 Å². The fourth-order valence-electron chi connectivity index (χ4n) is 1.85. The molecule has 0 aliphatic heterocycles. The molecule has 18 heavy (non-hydrogen) atoms. The number of carbonyl (C=O) groups excluding carboxylic acids is 1. The third-order valence-corrected chi connectivity index (χ3v) is 3.47. The number of carbonyl (C=O) groups is 1. The summed E-state index contributed by atoms with van der Waals surface area (Å²) in [5.41, 5.74) is 2.26. The maximum Gasteiger partial charge on any atom is 0.275 e. The van der Waals surface area contributed by atoms with Crippen LogP contribution in [0.25, 0.3) is 10.9 Å². The summed E-state index contributed by atoms with van der Waals surface area (Å²) in [4.78, 5) is 19.3. The number of nitrogens with one attached hydrogen (secondary N) is 2. The van der Waals surface area contributed by atoms with Crippen molar-refractivity contribution in [1.29, 1.82) is 0 Å². The largest absolute Gasteiger partial charge is 0.361 e. The van der Waals surface area contributed by atoms with E-state index in [2.05, 4.69) is 15.3 Å². The van der Waals surface area contributed by atoms with Crippen LogP contribution in [0.1, 0.15) is 15.5 Å². The van der Waals surface area contributed by atoms with Gasteiger partial charge in [0.15, 0.2) is 0 Å². The second kappa shape index (κ2) is 4.27. The highest BCUT2D eigenvalue weighted by Gasteiger charge is 2.11. The number of rotatable bonds is 2. The van der Waals surface area contributed by atoms with Crippen LogP contribution in [0.3, 0.4) is 0 Å². The van der Waals surface area contributed by atoms with E-state index in [4.69, 9.17) is 0 Å². The lowest BCUT2D eigenvalue weighted by molar-refractivity contribution is 0.102. The normalized spacial score (nSPS) is 10.7. The Morgan fingerprint density at radius 1 is 1.39 bits per heavy atom. The van der Waals surface area contributed by atoms with Crippen molar-refractivity contribution in [1.82, 2.24) is 9.97 Å². The molecule has 0 bridgehead atoms. The molecule has 1 amide bonds. The van der Waals surface area contributed by atoms with Gasteiger partial charge in [0.2, 0.25) is 0 Å². The molecule has 2 aromatic heterocycles. The highest BCUT2D eigenvalue weighted by Crippen LogP contribution is 2.22. The number of amides is 1. The van der Waals surface area contributed by atoms with Gasteiger partial charge in [-0.2, -0.15) is 0 Å². The van der Waals surface area contributed by atoms with Crippen molar-refractivity contribution in [3.63, 3.8) is 0 Å². The van der Waals surface area contributed by atoms with Gasteiger partial charge in [-0.25, -0.2) is 4.98 Å². The number of H-pyrrole nitrogens is 1. The van der Waals surface area contributed by atoms with E-state index in [1.54, 1.807) is 5.38 Å². The summed E-state index contributed by atoms with van der Waals surface area (Å²) < 4.78 is 0. The summed E-state index contributed by atoms with van der Waals surface area (Å²) in [5, 5.41) is 6.54. The summed E-state index contributed by atoms with van der Waals surface area (Å²) in [7, 11) is 0. The maximum absolute atomic E-state index is 12.0. The third-order valence-electron chi connectivity index (χ3n) is 2.69. The van der Waals surface area contributed by atoms with Crippen LogP contribution in [-0.4, -0.2) is 15.9 Å². The fourth-order valence-corrected chi connectivity index (χ4v) is 2.44. The van der Waals surface area contributed by atoms with Crippen molar-refractivity contribution in [3.8, 4) is 0 Å². The lowest BCUT2D eigenvalue weighted by atomic mass is 10.2. The molecule has 90 valence electrons. The average molecular weight is 257 g/mol. The first-order valence-corrected chi connectivity index (χ1v) is 6.41. The number of nitrogens with zero attached hydrogens (tertiary/aromatic N) is 1. The summed E-state index contributed by atoms with van der Waals surface area (Å²) in [5.74, 6) is -0.173. The number of anilines is 1. The number of aromatic amines is 1. The van der Waals surface area contributed by atoms with Gasteiger partial charge in [-0.15, -0.1) is 11.3 Å². The van der Waals surface area contributed by atoms with Gasteiger partial charge >= 0.3 is 0 Å². The van der Waals surface area contributed by atoms with E-state index in [-0.39, 0.29) is 5.91 Å². The van der Waals surface area contributed by atoms with E-state index in [0.717, 1.165) is 21.6 Å². The number of fused-ring (bicyclic) bond motifs is 1. The Morgan fingerprint density at radius 2 is 2.28 bits per heavy atom. The van der Waals surface area contributed by atoms with Crippen molar-refractivity contribution in [3.05, 3.63) is 46.5 Å². The number of aryl methyl sites for hydroxylation is 1. The van der Waals surface area contributed by atoms with Gasteiger partial charge in [0.1, 0.15) is 5.69 Å². The molecule has 2 N–H and O–H groups in total. The second-order valence-corrected chi connectivity index (χ2v) is 5.01. The Balaban J connectivity index is 1.92. The average Bonchev–Trinajstić information content (AvgIpc) is 2.97. The van der Waals surface area contributed by atoms with Crippen LogP contribution in [-0.2, 0) is 0 Å². The van der Waals surface area contributed by atoms with Crippen molar-refractivity contribution in [2.75, 3.05) is 5.32 Å². The maximum atomic E-state index is 12.0. The number of thiazole rings is 1. The van der Waals surface area contributed by atoms with E-state index >= 15 is 0 Å². The molecule has 0 saturated carbocycles. The molecule has 0 aliphatic rings. The molecule has 0 saturated heterocycles. The van der Waals surface area contributed by atoms with Crippen LogP contribution < -0.4 is 5.32 Å². The summed E-state index contributed by atoms with van der Waals surface area (Å²) in [6.45, 7) is 1.88. The topological polar surface area (TPSA) is 57.8 Å². The summed E-state index contributed by atoms with van der Waals surface area (Å²) in [6, 6.07) is 7.70. The van der Waals surface area contributed by atoms with Gasteiger partial charge in [0, 0.05) is 22.5 Å². The lowest BCUT2D eigenvalue weighted by Crippen LogP contribution is -2.12. The molecule has 3 aromatic rings. The first kappa shape index (κ1) is 11.0. The van der Waals surface area contributed by atoms with Crippen molar-refractivity contribution in [2.24, 2.45) is 0 Å². The predicted molar refractivity (Wildman–Crippen MR) is 73.1 cm³/mol. The number of benzene rings is 1. The zero-order valence-corrected chi connectivity index (χ0v) is 10.5. The van der Waals surface area contributed by atoms with Crippen molar-refractivity contribution >= 4 is 33.8 Å². The highest BCUT2D eigenvalue weighted by molar-refractivity contribution is 7.09. The minimum atomic E-state index is -0.173. The van der Waals surface area contributed by atoms with Gasteiger partial charge in [-0.05, 0) is 25.1 Å². The molecular weight excluding hydrogens is 246 g/mol. The van der Waals surface area contributed by atoms with Gasteiger partial charge < -0.3 is 10.3 Å². The Hall–Kier alpha value is -2.14. The molecule has 0 radical (unpaired) electrons. The lowest BCUT2D eigenvalue weighted by Gasteiger charge is -2.04. The van der Waals surface area contributed by atoms with Crippen LogP contribution in [0.5, 0.6) is 0 Å². The van der Waals surface area contributed by atoms with E-state index in [1.807, 2.05) is 37.4 Å².